The quantitative estimate of drug-likeness (QED) is 0.736. The lowest BCUT2D eigenvalue weighted by Crippen LogP contribution is -2.38. The highest BCUT2D eigenvalue weighted by Gasteiger charge is 2.33. The van der Waals surface area contributed by atoms with Crippen molar-refractivity contribution in [1.29, 1.82) is 0 Å². The summed E-state index contributed by atoms with van der Waals surface area (Å²) in [6.07, 6.45) is 0.976. The van der Waals surface area contributed by atoms with E-state index in [4.69, 9.17) is 14.2 Å². The van der Waals surface area contributed by atoms with Gasteiger partial charge in [0, 0.05) is 32.2 Å². The van der Waals surface area contributed by atoms with Crippen LogP contribution in [0.5, 0.6) is 11.5 Å². The number of thioether (sulfide) groups is 1. The molecule has 0 aromatic heterocycles. The van der Waals surface area contributed by atoms with Crippen molar-refractivity contribution >= 4 is 17.7 Å². The number of amides is 1. The molecule has 0 spiro atoms. The van der Waals surface area contributed by atoms with Crippen LogP contribution < -0.4 is 9.47 Å². The first kappa shape index (κ1) is 18.4. The molecule has 2 heterocycles. The topological polar surface area (TPSA) is 51.2 Å². The van der Waals surface area contributed by atoms with Crippen LogP contribution in [0.3, 0.4) is 0 Å². The van der Waals surface area contributed by atoms with E-state index in [0.29, 0.717) is 5.75 Å². The maximum Gasteiger partial charge on any atom is 0.233 e. The first-order valence-electron chi connectivity index (χ1n) is 8.65. The molecule has 1 amide bonds. The number of nitrogens with zero attached hydrogens (tertiary/aromatic N) is 2. The molecule has 3 rings (SSSR count). The van der Waals surface area contributed by atoms with Crippen molar-refractivity contribution in [2.24, 2.45) is 0 Å². The molecule has 0 aliphatic carbocycles. The highest BCUT2D eigenvalue weighted by atomic mass is 32.2. The van der Waals surface area contributed by atoms with Gasteiger partial charge in [-0.05, 0) is 24.1 Å². The molecule has 0 N–H and O–H groups in total. The Hall–Kier alpha value is -1.44. The van der Waals surface area contributed by atoms with Gasteiger partial charge in [0.25, 0.3) is 0 Å². The number of carbonyl (C=O) groups excluding carboxylic acids is 1. The Morgan fingerprint density at radius 1 is 1.12 bits per heavy atom. The van der Waals surface area contributed by atoms with Gasteiger partial charge in [0.05, 0.1) is 33.2 Å². The van der Waals surface area contributed by atoms with Gasteiger partial charge in [0.1, 0.15) is 16.9 Å². The van der Waals surface area contributed by atoms with E-state index in [2.05, 4.69) is 4.90 Å². The molecule has 0 radical (unpaired) electrons. The second-order valence-electron chi connectivity index (χ2n) is 6.20. The standard InChI is InChI=1S/C18H26N2O4S/c1-22-15-10-14(11-16(12-15)23-2)18-20(17(21)13-25-18)5-3-4-19-6-8-24-9-7-19/h10-12,18H,3-9,13H2,1-2H3. The average Bonchev–Trinajstić information content (AvgIpc) is 3.03. The minimum absolute atomic E-state index is 0.0289. The van der Waals surface area contributed by atoms with Crippen molar-refractivity contribution in [3.63, 3.8) is 0 Å². The van der Waals surface area contributed by atoms with Crippen LogP contribution in [-0.4, -0.2) is 75.1 Å². The molecule has 6 nitrogen and oxygen atoms in total. The van der Waals surface area contributed by atoms with Crippen molar-refractivity contribution < 1.29 is 19.0 Å². The summed E-state index contributed by atoms with van der Waals surface area (Å²) >= 11 is 1.67. The summed E-state index contributed by atoms with van der Waals surface area (Å²) in [4.78, 5) is 16.7. The van der Waals surface area contributed by atoms with Gasteiger partial charge in [-0.25, -0.2) is 0 Å². The largest absolute Gasteiger partial charge is 0.497 e. The molecule has 0 saturated carbocycles. The van der Waals surface area contributed by atoms with Gasteiger partial charge < -0.3 is 19.1 Å². The third-order valence-corrected chi connectivity index (χ3v) is 5.86. The van der Waals surface area contributed by atoms with Crippen LogP contribution in [0.4, 0.5) is 0 Å². The molecule has 138 valence electrons. The average molecular weight is 366 g/mol. The molecule has 1 aromatic rings. The fourth-order valence-electron chi connectivity index (χ4n) is 3.23. The number of carbonyl (C=O) groups is 1. The van der Waals surface area contributed by atoms with Crippen molar-refractivity contribution in [3.8, 4) is 11.5 Å². The van der Waals surface area contributed by atoms with Crippen LogP contribution in [0.15, 0.2) is 18.2 Å². The van der Waals surface area contributed by atoms with Gasteiger partial charge in [-0.1, -0.05) is 0 Å². The second kappa shape index (κ2) is 8.78. The van der Waals surface area contributed by atoms with E-state index < -0.39 is 0 Å². The molecule has 25 heavy (non-hydrogen) atoms. The monoisotopic (exact) mass is 366 g/mol. The fraction of sp³-hybridized carbons (Fsp3) is 0.611. The highest BCUT2D eigenvalue weighted by molar-refractivity contribution is 8.00. The Labute approximate surface area is 153 Å². The fourth-order valence-corrected chi connectivity index (χ4v) is 4.43. The first-order chi connectivity index (χ1) is 12.2. The second-order valence-corrected chi connectivity index (χ2v) is 7.27. The minimum Gasteiger partial charge on any atom is -0.497 e. The maximum atomic E-state index is 12.4. The van der Waals surface area contributed by atoms with E-state index in [1.807, 2.05) is 23.1 Å². The number of benzene rings is 1. The Balaban J connectivity index is 1.64. The molecule has 1 aromatic carbocycles. The summed E-state index contributed by atoms with van der Waals surface area (Å²) in [5.74, 6) is 2.24. The van der Waals surface area contributed by atoms with E-state index in [1.54, 1.807) is 26.0 Å². The van der Waals surface area contributed by atoms with Gasteiger partial charge in [0.2, 0.25) is 5.91 Å². The van der Waals surface area contributed by atoms with Crippen LogP contribution in [0.1, 0.15) is 17.4 Å². The normalized spacial score (nSPS) is 21.6. The van der Waals surface area contributed by atoms with Crippen LogP contribution in [0, 0.1) is 0 Å². The maximum absolute atomic E-state index is 12.4. The Kier molecular flexibility index (Phi) is 6.45. The summed E-state index contributed by atoms with van der Waals surface area (Å²) in [5.41, 5.74) is 1.05. The van der Waals surface area contributed by atoms with Crippen molar-refractivity contribution in [3.05, 3.63) is 23.8 Å². The smallest absolute Gasteiger partial charge is 0.233 e. The third kappa shape index (κ3) is 4.59. The van der Waals surface area contributed by atoms with Crippen LogP contribution in [0.2, 0.25) is 0 Å². The van der Waals surface area contributed by atoms with E-state index in [-0.39, 0.29) is 11.3 Å². The van der Waals surface area contributed by atoms with Gasteiger partial charge in [0.15, 0.2) is 0 Å². The zero-order valence-electron chi connectivity index (χ0n) is 14.9. The highest BCUT2D eigenvalue weighted by Crippen LogP contribution is 2.41. The third-order valence-electron chi connectivity index (χ3n) is 4.60. The molecular weight excluding hydrogens is 340 g/mol. The van der Waals surface area contributed by atoms with E-state index in [9.17, 15) is 4.79 Å². The Morgan fingerprint density at radius 2 is 1.80 bits per heavy atom. The summed E-state index contributed by atoms with van der Waals surface area (Å²) in [5, 5.41) is 0.0289. The van der Waals surface area contributed by atoms with Gasteiger partial charge in [-0.2, -0.15) is 0 Å². The zero-order valence-corrected chi connectivity index (χ0v) is 15.7. The zero-order chi connectivity index (χ0) is 17.6. The molecule has 2 saturated heterocycles. The lowest BCUT2D eigenvalue weighted by Gasteiger charge is -2.29. The number of ether oxygens (including phenoxy) is 3. The summed E-state index contributed by atoms with van der Waals surface area (Å²) in [6.45, 7) is 5.37. The number of hydrogen-bond donors (Lipinski definition) is 0. The van der Waals surface area contributed by atoms with Crippen LogP contribution in [0.25, 0.3) is 0 Å². The van der Waals surface area contributed by atoms with E-state index >= 15 is 0 Å². The van der Waals surface area contributed by atoms with Gasteiger partial charge in [-0.15, -0.1) is 11.8 Å². The Bertz CT molecular complexity index is 570. The van der Waals surface area contributed by atoms with Crippen molar-refractivity contribution in [2.45, 2.75) is 11.8 Å². The van der Waals surface area contributed by atoms with Gasteiger partial charge >= 0.3 is 0 Å². The molecule has 1 atom stereocenters. The lowest BCUT2D eigenvalue weighted by atomic mass is 10.1. The number of hydrogen-bond acceptors (Lipinski definition) is 6. The predicted molar refractivity (Wildman–Crippen MR) is 98.3 cm³/mol. The Morgan fingerprint density at radius 3 is 2.44 bits per heavy atom. The number of rotatable bonds is 7. The van der Waals surface area contributed by atoms with Gasteiger partial charge in [-0.3, -0.25) is 9.69 Å². The van der Waals surface area contributed by atoms with E-state index in [1.165, 1.54) is 0 Å². The molecule has 1 unspecified atom stereocenters. The number of methoxy groups -OCH3 is 2. The SMILES string of the molecule is COc1cc(OC)cc(C2SCC(=O)N2CCCN2CCOCC2)c1. The minimum atomic E-state index is 0.0289. The lowest BCUT2D eigenvalue weighted by molar-refractivity contribution is -0.128. The molecule has 0 bridgehead atoms. The first-order valence-corrected chi connectivity index (χ1v) is 9.70. The predicted octanol–water partition coefficient (Wildman–Crippen LogP) is 2.00. The van der Waals surface area contributed by atoms with Crippen molar-refractivity contribution in [2.75, 3.05) is 59.4 Å². The number of morpholine rings is 1. The molecular formula is C18H26N2O4S. The molecule has 2 fully saturated rings. The molecule has 7 heteroatoms. The van der Waals surface area contributed by atoms with E-state index in [0.717, 1.165) is 62.9 Å². The summed E-state index contributed by atoms with van der Waals surface area (Å²) in [6, 6.07) is 5.84. The van der Waals surface area contributed by atoms with Crippen LogP contribution in [-0.2, 0) is 9.53 Å². The summed E-state index contributed by atoms with van der Waals surface area (Å²) in [7, 11) is 3.29. The summed E-state index contributed by atoms with van der Waals surface area (Å²) < 4.78 is 16.1. The molecule has 2 aliphatic rings. The molecule has 2 aliphatic heterocycles. The van der Waals surface area contributed by atoms with Crippen molar-refractivity contribution in [1.82, 2.24) is 9.80 Å². The van der Waals surface area contributed by atoms with Crippen LogP contribution >= 0.6 is 11.8 Å².